The molecule has 0 unspecified atom stereocenters. The Balaban J connectivity index is 1.65. The molecule has 0 bridgehead atoms. The van der Waals surface area contributed by atoms with Gasteiger partial charge in [-0.25, -0.2) is 9.48 Å². The fraction of sp³-hybridized carbons (Fsp3) is 0.250. The minimum absolute atomic E-state index is 0.402. The van der Waals surface area contributed by atoms with Gasteiger partial charge in [-0.05, 0) is 43.9 Å². The number of methoxy groups -OCH3 is 1. The number of nitrogens with zero attached hydrogens (tertiary/aromatic N) is 3. The fourth-order valence-electron chi connectivity index (χ4n) is 2.78. The molecule has 0 saturated heterocycles. The minimum Gasteiger partial charge on any atom is -0.465 e. The predicted octanol–water partition coefficient (Wildman–Crippen LogP) is 3.89. The minimum atomic E-state index is -0.402. The van der Waals surface area contributed by atoms with Crippen molar-refractivity contribution in [3.8, 4) is 0 Å². The normalized spacial score (nSPS) is 11.4. The van der Waals surface area contributed by atoms with Gasteiger partial charge in [0, 0.05) is 0 Å². The van der Waals surface area contributed by atoms with Gasteiger partial charge in [-0.3, -0.25) is 10.00 Å². The standard InChI is InChI=1S/C20H22N4O3S/c1-14-17(19(25)26-3)11-16(27-14)12-23(2)13-24-20(28)21-18(22-24)10-9-15-7-5-4-6-8-15/h4-11H,12-13H2,1-3H3,(H,21,22,28)/b10-9+. The first-order chi connectivity index (χ1) is 13.5. The van der Waals surface area contributed by atoms with Gasteiger partial charge < -0.3 is 9.15 Å². The molecule has 0 amide bonds. The molecule has 2 aromatic heterocycles. The van der Waals surface area contributed by atoms with Crippen LogP contribution in [0, 0.1) is 11.7 Å². The number of aromatic nitrogens is 3. The summed E-state index contributed by atoms with van der Waals surface area (Å²) in [6.07, 6.45) is 3.86. The zero-order chi connectivity index (χ0) is 20.1. The van der Waals surface area contributed by atoms with Gasteiger partial charge in [0.05, 0.1) is 20.3 Å². The highest BCUT2D eigenvalue weighted by molar-refractivity contribution is 7.71. The van der Waals surface area contributed by atoms with E-state index in [1.54, 1.807) is 17.7 Å². The first-order valence-electron chi connectivity index (χ1n) is 8.72. The van der Waals surface area contributed by atoms with Gasteiger partial charge in [-0.2, -0.15) is 4.98 Å². The summed E-state index contributed by atoms with van der Waals surface area (Å²) >= 11 is 5.34. The number of carbonyl (C=O) groups is 1. The van der Waals surface area contributed by atoms with E-state index >= 15 is 0 Å². The average Bonchev–Trinajstić information content (AvgIpc) is 3.22. The summed E-state index contributed by atoms with van der Waals surface area (Å²) in [7, 11) is 3.28. The summed E-state index contributed by atoms with van der Waals surface area (Å²) in [5.41, 5.74) is 1.53. The van der Waals surface area contributed by atoms with Gasteiger partial charge in [0.2, 0.25) is 4.77 Å². The third-order valence-electron chi connectivity index (χ3n) is 4.11. The van der Waals surface area contributed by atoms with Gasteiger partial charge >= 0.3 is 5.97 Å². The van der Waals surface area contributed by atoms with Crippen LogP contribution < -0.4 is 0 Å². The molecule has 0 atom stereocenters. The molecule has 3 aromatic rings. The number of esters is 1. The van der Waals surface area contributed by atoms with E-state index < -0.39 is 5.97 Å². The molecule has 8 heteroatoms. The fourth-order valence-corrected chi connectivity index (χ4v) is 2.98. The van der Waals surface area contributed by atoms with Gasteiger partial charge in [0.15, 0.2) is 0 Å². The summed E-state index contributed by atoms with van der Waals surface area (Å²) in [5, 5.41) is 3.18. The van der Waals surface area contributed by atoms with Crippen LogP contribution in [0.15, 0.2) is 40.8 Å². The zero-order valence-corrected chi connectivity index (χ0v) is 16.8. The van der Waals surface area contributed by atoms with Crippen molar-refractivity contribution in [1.82, 2.24) is 19.7 Å². The van der Waals surface area contributed by atoms with Crippen LogP contribution in [-0.2, 0) is 18.0 Å². The molecule has 0 fully saturated rings. The summed E-state index contributed by atoms with van der Waals surface area (Å²) < 4.78 is 12.6. The topological polar surface area (TPSA) is 76.3 Å². The van der Waals surface area contributed by atoms with Crippen LogP contribution in [0.3, 0.4) is 0 Å². The van der Waals surface area contributed by atoms with Crippen LogP contribution in [-0.4, -0.2) is 39.8 Å². The molecule has 0 aliphatic carbocycles. The molecule has 0 aliphatic heterocycles. The molecule has 28 heavy (non-hydrogen) atoms. The summed E-state index contributed by atoms with van der Waals surface area (Å²) in [6.45, 7) is 2.75. The molecule has 0 aliphatic rings. The van der Waals surface area contributed by atoms with Crippen molar-refractivity contribution < 1.29 is 13.9 Å². The lowest BCUT2D eigenvalue weighted by molar-refractivity contribution is 0.0599. The summed E-state index contributed by atoms with van der Waals surface area (Å²) in [4.78, 5) is 18.1. The number of benzene rings is 1. The number of hydrogen-bond donors (Lipinski definition) is 1. The SMILES string of the molecule is COC(=O)c1cc(CN(C)Cn2[nH]c(/C=C/c3ccccc3)nc2=S)oc1C. The lowest BCUT2D eigenvalue weighted by Crippen LogP contribution is -2.22. The van der Waals surface area contributed by atoms with Crippen LogP contribution in [0.25, 0.3) is 12.2 Å². The zero-order valence-electron chi connectivity index (χ0n) is 16.0. The number of carbonyl (C=O) groups excluding carboxylic acids is 1. The van der Waals surface area contributed by atoms with Crippen molar-refractivity contribution in [2.24, 2.45) is 0 Å². The lowest BCUT2D eigenvalue weighted by Gasteiger charge is -2.15. The number of nitrogens with one attached hydrogen (secondary N) is 1. The highest BCUT2D eigenvalue weighted by Gasteiger charge is 2.16. The number of rotatable bonds is 7. The molecule has 3 rings (SSSR count). The summed E-state index contributed by atoms with van der Waals surface area (Å²) in [6, 6.07) is 11.7. The first kappa shape index (κ1) is 19.8. The van der Waals surface area contributed by atoms with E-state index in [2.05, 4.69) is 10.1 Å². The van der Waals surface area contributed by atoms with Crippen molar-refractivity contribution in [1.29, 1.82) is 0 Å². The Morgan fingerprint density at radius 1 is 1.36 bits per heavy atom. The Morgan fingerprint density at radius 2 is 2.11 bits per heavy atom. The maximum Gasteiger partial charge on any atom is 0.341 e. The molecular formula is C20H22N4O3S. The maximum absolute atomic E-state index is 11.7. The molecule has 146 valence electrons. The lowest BCUT2D eigenvalue weighted by atomic mass is 10.2. The molecule has 0 spiro atoms. The molecule has 1 N–H and O–H groups in total. The van der Waals surface area contributed by atoms with Crippen molar-refractivity contribution in [3.05, 3.63) is 69.6 Å². The van der Waals surface area contributed by atoms with Gasteiger partial charge in [-0.1, -0.05) is 36.4 Å². The number of furan rings is 1. The Morgan fingerprint density at radius 3 is 2.82 bits per heavy atom. The third-order valence-corrected chi connectivity index (χ3v) is 4.42. The summed E-state index contributed by atoms with van der Waals surface area (Å²) in [5.74, 6) is 1.50. The number of aryl methyl sites for hydroxylation is 1. The van der Waals surface area contributed by atoms with E-state index in [0.29, 0.717) is 40.9 Å². The van der Waals surface area contributed by atoms with E-state index in [0.717, 1.165) is 5.56 Å². The number of aromatic amines is 1. The van der Waals surface area contributed by atoms with E-state index in [-0.39, 0.29) is 0 Å². The van der Waals surface area contributed by atoms with E-state index in [9.17, 15) is 4.79 Å². The molecule has 1 aromatic carbocycles. The Labute approximate surface area is 168 Å². The monoisotopic (exact) mass is 398 g/mol. The van der Waals surface area contributed by atoms with Gasteiger partial charge in [0.1, 0.15) is 22.9 Å². The van der Waals surface area contributed by atoms with Crippen LogP contribution in [0.2, 0.25) is 0 Å². The van der Waals surface area contributed by atoms with Crippen LogP contribution >= 0.6 is 12.2 Å². The third kappa shape index (κ3) is 4.85. The molecule has 2 heterocycles. The molecule has 7 nitrogen and oxygen atoms in total. The quantitative estimate of drug-likeness (QED) is 0.481. The second-order valence-corrected chi connectivity index (χ2v) is 6.76. The predicted molar refractivity (Wildman–Crippen MR) is 109 cm³/mol. The van der Waals surface area contributed by atoms with Crippen LogP contribution in [0.5, 0.6) is 0 Å². The van der Waals surface area contributed by atoms with Crippen LogP contribution in [0.1, 0.15) is 33.3 Å². The molecule has 0 saturated carbocycles. The highest BCUT2D eigenvalue weighted by Crippen LogP contribution is 2.17. The smallest absolute Gasteiger partial charge is 0.341 e. The highest BCUT2D eigenvalue weighted by atomic mass is 32.1. The largest absolute Gasteiger partial charge is 0.465 e. The Hall–Kier alpha value is -2.97. The van der Waals surface area contributed by atoms with E-state index in [1.807, 2.05) is 54.4 Å². The van der Waals surface area contributed by atoms with Crippen LogP contribution in [0.4, 0.5) is 0 Å². The van der Waals surface area contributed by atoms with Gasteiger partial charge in [0.25, 0.3) is 0 Å². The van der Waals surface area contributed by atoms with Crippen molar-refractivity contribution in [2.75, 3.05) is 14.2 Å². The van der Waals surface area contributed by atoms with Crippen molar-refractivity contribution in [3.63, 3.8) is 0 Å². The molecular weight excluding hydrogens is 376 g/mol. The number of H-pyrrole nitrogens is 1. The number of ether oxygens (including phenoxy) is 1. The number of hydrogen-bond acceptors (Lipinski definition) is 6. The van der Waals surface area contributed by atoms with E-state index in [4.69, 9.17) is 21.4 Å². The van der Waals surface area contributed by atoms with Crippen molar-refractivity contribution in [2.45, 2.75) is 20.1 Å². The second kappa shape index (κ2) is 8.81. The maximum atomic E-state index is 11.7. The van der Waals surface area contributed by atoms with Crippen molar-refractivity contribution >= 4 is 30.3 Å². The Bertz CT molecular complexity index is 1030. The first-order valence-corrected chi connectivity index (χ1v) is 9.13. The van der Waals surface area contributed by atoms with E-state index in [1.165, 1.54) is 7.11 Å². The molecule has 0 radical (unpaired) electrons. The average molecular weight is 398 g/mol. The van der Waals surface area contributed by atoms with Gasteiger partial charge in [-0.15, -0.1) is 0 Å². The second-order valence-electron chi connectivity index (χ2n) is 6.39. The Kier molecular flexibility index (Phi) is 6.23.